The molecule has 2 aromatic carbocycles. The van der Waals surface area contributed by atoms with Crippen molar-refractivity contribution in [3.8, 4) is 16.9 Å². The van der Waals surface area contributed by atoms with Gasteiger partial charge in [0.2, 0.25) is 5.91 Å². The highest BCUT2D eigenvalue weighted by Gasteiger charge is 2.31. The summed E-state index contributed by atoms with van der Waals surface area (Å²) in [7, 11) is 0. The molecular formula is C19H20N2O2. The molecular weight excluding hydrogens is 288 g/mol. The second-order valence-corrected chi connectivity index (χ2v) is 6.08. The number of hydrogen-bond acceptors (Lipinski definition) is 3. The minimum absolute atomic E-state index is 0.0846. The van der Waals surface area contributed by atoms with Gasteiger partial charge >= 0.3 is 0 Å². The van der Waals surface area contributed by atoms with Crippen LogP contribution in [-0.4, -0.2) is 32.1 Å². The third-order valence-electron chi connectivity index (χ3n) is 4.60. The molecule has 4 nitrogen and oxygen atoms in total. The number of benzene rings is 2. The molecule has 1 N–H and O–H groups in total. The molecule has 4 heteroatoms. The molecule has 0 aliphatic carbocycles. The van der Waals surface area contributed by atoms with Gasteiger partial charge in [0.1, 0.15) is 12.4 Å². The maximum absolute atomic E-state index is 12.8. The molecule has 4 rings (SSSR count). The van der Waals surface area contributed by atoms with Gasteiger partial charge in [-0.05, 0) is 36.2 Å². The average molecular weight is 308 g/mol. The number of rotatable bonds is 2. The number of fused-ring (bicyclic) bond motifs is 1. The number of carbonyl (C=O) groups excluding carboxylic acids is 1. The van der Waals surface area contributed by atoms with Crippen molar-refractivity contribution in [1.29, 1.82) is 0 Å². The maximum Gasteiger partial charge on any atom is 0.231 e. The summed E-state index contributed by atoms with van der Waals surface area (Å²) in [4.78, 5) is 14.7. The molecule has 0 bridgehead atoms. The predicted octanol–water partition coefficient (Wildman–Crippen LogP) is 2.69. The summed E-state index contributed by atoms with van der Waals surface area (Å²) in [6.07, 6.45) is 0.921. The zero-order chi connectivity index (χ0) is 15.6. The van der Waals surface area contributed by atoms with Gasteiger partial charge in [0.05, 0.1) is 18.2 Å². The van der Waals surface area contributed by atoms with Gasteiger partial charge in [0.25, 0.3) is 0 Å². The van der Waals surface area contributed by atoms with Gasteiger partial charge in [-0.15, -0.1) is 0 Å². The third kappa shape index (κ3) is 2.70. The van der Waals surface area contributed by atoms with Crippen molar-refractivity contribution in [2.24, 2.45) is 5.92 Å². The Morgan fingerprint density at radius 2 is 2.00 bits per heavy atom. The first-order valence-electron chi connectivity index (χ1n) is 8.17. The number of hydrogen-bond donors (Lipinski definition) is 1. The molecule has 1 saturated heterocycles. The minimum atomic E-state index is 0.0846. The van der Waals surface area contributed by atoms with Gasteiger partial charge in [0.15, 0.2) is 0 Å². The monoisotopic (exact) mass is 308 g/mol. The Morgan fingerprint density at radius 3 is 2.78 bits per heavy atom. The van der Waals surface area contributed by atoms with E-state index in [0.29, 0.717) is 13.2 Å². The van der Waals surface area contributed by atoms with Crippen molar-refractivity contribution in [1.82, 2.24) is 5.32 Å². The van der Waals surface area contributed by atoms with Gasteiger partial charge in [-0.1, -0.05) is 36.4 Å². The zero-order valence-electron chi connectivity index (χ0n) is 13.0. The van der Waals surface area contributed by atoms with E-state index in [1.165, 1.54) is 0 Å². The fraction of sp³-hybridized carbons (Fsp3) is 0.316. The summed E-state index contributed by atoms with van der Waals surface area (Å²) in [6.45, 7) is 2.89. The Hall–Kier alpha value is -2.33. The van der Waals surface area contributed by atoms with Crippen LogP contribution in [-0.2, 0) is 4.79 Å². The van der Waals surface area contributed by atoms with Crippen LogP contribution in [0.15, 0.2) is 48.5 Å². The highest BCUT2D eigenvalue weighted by molar-refractivity contribution is 5.98. The first-order valence-corrected chi connectivity index (χ1v) is 8.17. The van der Waals surface area contributed by atoms with E-state index in [1.54, 1.807) is 0 Å². The normalized spacial score (nSPS) is 20.0. The number of nitrogens with one attached hydrogen (secondary N) is 1. The highest BCUT2D eigenvalue weighted by atomic mass is 16.5. The SMILES string of the molecule is O=C([C@@H]1CCNC1)N1CCOc2ccc(-c3ccccc3)cc21. The van der Waals surface area contributed by atoms with Crippen LogP contribution in [0.4, 0.5) is 5.69 Å². The van der Waals surface area contributed by atoms with Crippen molar-refractivity contribution >= 4 is 11.6 Å². The lowest BCUT2D eigenvalue weighted by atomic mass is 10.0. The molecule has 0 aromatic heterocycles. The van der Waals surface area contributed by atoms with Crippen LogP contribution in [0.25, 0.3) is 11.1 Å². The molecule has 0 saturated carbocycles. The van der Waals surface area contributed by atoms with E-state index in [4.69, 9.17) is 4.74 Å². The Balaban J connectivity index is 1.69. The minimum Gasteiger partial charge on any atom is -0.490 e. The number of amides is 1. The van der Waals surface area contributed by atoms with Crippen LogP contribution in [0, 0.1) is 5.92 Å². The predicted molar refractivity (Wildman–Crippen MR) is 90.7 cm³/mol. The van der Waals surface area contributed by atoms with Crippen molar-refractivity contribution in [3.05, 3.63) is 48.5 Å². The van der Waals surface area contributed by atoms with Gasteiger partial charge < -0.3 is 15.0 Å². The fourth-order valence-corrected chi connectivity index (χ4v) is 3.34. The second-order valence-electron chi connectivity index (χ2n) is 6.08. The first-order chi connectivity index (χ1) is 11.3. The van der Waals surface area contributed by atoms with Crippen LogP contribution >= 0.6 is 0 Å². The van der Waals surface area contributed by atoms with E-state index >= 15 is 0 Å². The summed E-state index contributed by atoms with van der Waals surface area (Å²) < 4.78 is 5.75. The van der Waals surface area contributed by atoms with E-state index in [9.17, 15) is 4.79 Å². The van der Waals surface area contributed by atoms with Gasteiger partial charge in [-0.2, -0.15) is 0 Å². The van der Waals surface area contributed by atoms with Gasteiger partial charge in [0, 0.05) is 6.54 Å². The second kappa shape index (κ2) is 6.05. The number of nitrogens with zero attached hydrogens (tertiary/aromatic N) is 1. The molecule has 2 aliphatic rings. The number of ether oxygens (including phenoxy) is 1. The van der Waals surface area contributed by atoms with Gasteiger partial charge in [-0.25, -0.2) is 0 Å². The van der Waals surface area contributed by atoms with E-state index in [-0.39, 0.29) is 11.8 Å². The standard InChI is InChI=1S/C19H20N2O2/c22-19(16-8-9-20-13-16)21-10-11-23-18-7-6-15(12-17(18)21)14-4-2-1-3-5-14/h1-7,12,16,20H,8-11,13H2/t16-/m1/s1. The fourth-order valence-electron chi connectivity index (χ4n) is 3.34. The quantitative estimate of drug-likeness (QED) is 0.927. The summed E-state index contributed by atoms with van der Waals surface area (Å²) in [5.41, 5.74) is 3.16. The molecule has 2 heterocycles. The average Bonchev–Trinajstić information content (AvgIpc) is 3.15. The number of anilines is 1. The zero-order valence-corrected chi connectivity index (χ0v) is 13.0. The van der Waals surface area contributed by atoms with Crippen molar-refractivity contribution < 1.29 is 9.53 Å². The maximum atomic E-state index is 12.8. The molecule has 0 spiro atoms. The van der Waals surface area contributed by atoms with Crippen LogP contribution in [0.3, 0.4) is 0 Å². The van der Waals surface area contributed by atoms with E-state index in [1.807, 2.05) is 29.2 Å². The van der Waals surface area contributed by atoms with Crippen molar-refractivity contribution in [2.45, 2.75) is 6.42 Å². The Labute approximate surface area is 136 Å². The molecule has 1 amide bonds. The Kier molecular flexibility index (Phi) is 3.75. The molecule has 2 aliphatic heterocycles. The molecule has 2 aromatic rings. The molecule has 0 unspecified atom stereocenters. The topological polar surface area (TPSA) is 41.6 Å². The Morgan fingerprint density at radius 1 is 1.13 bits per heavy atom. The highest BCUT2D eigenvalue weighted by Crippen LogP contribution is 2.36. The summed E-state index contributed by atoms with van der Waals surface area (Å²) in [5, 5.41) is 3.27. The number of carbonyl (C=O) groups is 1. The van der Waals surface area contributed by atoms with Crippen LogP contribution in [0.1, 0.15) is 6.42 Å². The van der Waals surface area contributed by atoms with Crippen LogP contribution in [0.5, 0.6) is 5.75 Å². The van der Waals surface area contributed by atoms with Crippen LogP contribution in [0.2, 0.25) is 0 Å². The molecule has 23 heavy (non-hydrogen) atoms. The Bertz CT molecular complexity index is 709. The van der Waals surface area contributed by atoms with Crippen molar-refractivity contribution in [2.75, 3.05) is 31.1 Å². The molecule has 1 atom stereocenters. The smallest absolute Gasteiger partial charge is 0.231 e. The molecule has 1 fully saturated rings. The lowest BCUT2D eigenvalue weighted by molar-refractivity contribution is -0.122. The molecule has 118 valence electrons. The molecule has 0 radical (unpaired) electrons. The summed E-state index contributed by atoms with van der Waals surface area (Å²) in [5.74, 6) is 1.10. The lowest BCUT2D eigenvalue weighted by Crippen LogP contribution is -2.42. The first kappa shape index (κ1) is 14.3. The van der Waals surface area contributed by atoms with E-state index in [2.05, 4.69) is 29.6 Å². The summed E-state index contributed by atoms with van der Waals surface area (Å²) in [6, 6.07) is 16.3. The van der Waals surface area contributed by atoms with Crippen molar-refractivity contribution in [3.63, 3.8) is 0 Å². The van der Waals surface area contributed by atoms with Crippen LogP contribution < -0.4 is 15.0 Å². The third-order valence-corrected chi connectivity index (χ3v) is 4.60. The lowest BCUT2D eigenvalue weighted by Gasteiger charge is -2.31. The summed E-state index contributed by atoms with van der Waals surface area (Å²) >= 11 is 0. The van der Waals surface area contributed by atoms with Gasteiger partial charge in [-0.3, -0.25) is 4.79 Å². The largest absolute Gasteiger partial charge is 0.490 e. The van der Waals surface area contributed by atoms with E-state index in [0.717, 1.165) is 42.1 Å². The van der Waals surface area contributed by atoms with E-state index < -0.39 is 0 Å².